The van der Waals surface area contributed by atoms with Gasteiger partial charge < -0.3 is 13.6 Å². The number of rotatable bonds is 5. The molecule has 372 valence electrons. The van der Waals surface area contributed by atoms with E-state index in [2.05, 4.69) is 253 Å². The van der Waals surface area contributed by atoms with Gasteiger partial charge in [-0.1, -0.05) is 177 Å². The quantitative estimate of drug-likeness (QED) is 0.169. The van der Waals surface area contributed by atoms with E-state index in [-0.39, 0.29) is 12.0 Å². The molecule has 4 aromatic heterocycles. The highest BCUT2D eigenvalue weighted by Crippen LogP contribution is 2.50. The number of para-hydroxylation sites is 3. The van der Waals surface area contributed by atoms with Crippen molar-refractivity contribution in [3.05, 3.63) is 253 Å². The molecule has 0 saturated heterocycles. The number of thiophene rings is 1. The first kappa shape index (κ1) is 44.5. The Morgan fingerprint density at radius 1 is 0.430 bits per heavy atom. The fourth-order valence-corrected chi connectivity index (χ4v) is 14.6. The average molecular weight is 1030 g/mol. The van der Waals surface area contributed by atoms with Crippen LogP contribution in [0.5, 0.6) is 0 Å². The summed E-state index contributed by atoms with van der Waals surface area (Å²) >= 11 is 1.84. The van der Waals surface area contributed by atoms with E-state index in [1.165, 1.54) is 79.9 Å². The molecule has 2 atom stereocenters. The largest absolute Gasteiger partial charge is 0.455 e. The predicted molar refractivity (Wildman–Crippen MR) is 335 cm³/mol. The molecule has 17 rings (SSSR count). The predicted octanol–water partition coefficient (Wildman–Crippen LogP) is 20.0. The van der Waals surface area contributed by atoms with Crippen molar-refractivity contribution in [1.29, 1.82) is 0 Å². The van der Waals surface area contributed by atoms with Crippen LogP contribution in [0.1, 0.15) is 42.5 Å². The highest BCUT2D eigenvalue weighted by molar-refractivity contribution is 7.25. The molecule has 0 amide bonds. The van der Waals surface area contributed by atoms with Crippen molar-refractivity contribution in [1.82, 2.24) is 9.13 Å². The molecular formula is C73H48N4OS. The van der Waals surface area contributed by atoms with Crippen LogP contribution >= 0.6 is 11.3 Å². The maximum Gasteiger partial charge on any atom is 0.155 e. The average Bonchev–Trinajstić information content (AvgIpc) is 3.77. The summed E-state index contributed by atoms with van der Waals surface area (Å²) in [5.74, 6) is 0.823. The second-order valence-electron chi connectivity index (χ2n) is 21.5. The summed E-state index contributed by atoms with van der Waals surface area (Å²) in [5.41, 5.74) is 13.0. The zero-order chi connectivity index (χ0) is 51.9. The third-order valence-electron chi connectivity index (χ3n) is 17.1. The Balaban J connectivity index is 0.979. The molecule has 12 aromatic carbocycles. The number of aromatic nitrogens is 2. The third-order valence-corrected chi connectivity index (χ3v) is 18.2. The minimum absolute atomic E-state index is 0.0835. The van der Waals surface area contributed by atoms with Gasteiger partial charge in [0.25, 0.3) is 0 Å². The van der Waals surface area contributed by atoms with Crippen LogP contribution in [0.15, 0.2) is 251 Å². The van der Waals surface area contributed by atoms with Gasteiger partial charge >= 0.3 is 0 Å². The fourth-order valence-electron chi connectivity index (χ4n) is 13.5. The van der Waals surface area contributed by atoms with Crippen molar-refractivity contribution in [2.75, 3.05) is 0 Å². The molecule has 0 saturated carbocycles. The van der Waals surface area contributed by atoms with Crippen LogP contribution in [0.2, 0.25) is 0 Å². The molecule has 2 unspecified atom stereocenters. The highest BCUT2D eigenvalue weighted by Gasteiger charge is 2.32. The molecule has 1 aliphatic rings. The van der Waals surface area contributed by atoms with E-state index in [9.17, 15) is 0 Å². The topological polar surface area (TPSA) is 47.7 Å². The second kappa shape index (κ2) is 17.2. The van der Waals surface area contributed by atoms with Gasteiger partial charge in [0.15, 0.2) is 5.84 Å². The molecule has 0 radical (unpaired) electrons. The number of hydrogen-bond donors (Lipinski definition) is 0. The minimum atomic E-state index is -0.307. The Bertz CT molecular complexity index is 5300. The van der Waals surface area contributed by atoms with E-state index in [0.29, 0.717) is 0 Å². The Morgan fingerprint density at radius 3 is 1.95 bits per heavy atom. The molecule has 0 bridgehead atoms. The Morgan fingerprint density at radius 2 is 1.09 bits per heavy atom. The van der Waals surface area contributed by atoms with Gasteiger partial charge in [0.2, 0.25) is 0 Å². The van der Waals surface area contributed by atoms with Gasteiger partial charge in [-0.25, -0.2) is 4.99 Å². The van der Waals surface area contributed by atoms with Gasteiger partial charge in [0.05, 0.1) is 44.9 Å². The Labute approximate surface area is 458 Å². The van der Waals surface area contributed by atoms with Gasteiger partial charge in [0.1, 0.15) is 11.2 Å². The lowest BCUT2D eigenvalue weighted by molar-refractivity contribution is 0.557. The maximum atomic E-state index is 7.10. The highest BCUT2D eigenvalue weighted by atomic mass is 32.1. The molecule has 1 aliphatic heterocycles. The van der Waals surface area contributed by atoms with Gasteiger partial charge in [-0.05, 0) is 118 Å². The SMILES string of the molecule is CC1CCC(c2c(-n3c4cc5ccccc5cc4c4c5ccccc5ccc43)c3c4ccccc4oc3c3ccccc23)/N=C(c2ccc3c(c2)sc2ccccc23)\N=C/1c1ccc2c(c1)c1ccccc1n2-c1ccccc1. The van der Waals surface area contributed by atoms with Crippen molar-refractivity contribution in [3.63, 3.8) is 0 Å². The lowest BCUT2D eigenvalue weighted by Gasteiger charge is -2.27. The zero-order valence-electron chi connectivity index (χ0n) is 43.2. The molecule has 5 nitrogen and oxygen atoms in total. The summed E-state index contributed by atoms with van der Waals surface area (Å²) < 4.78 is 14.6. The van der Waals surface area contributed by atoms with Crippen molar-refractivity contribution in [2.45, 2.75) is 25.8 Å². The number of furan rings is 1. The summed E-state index contributed by atoms with van der Waals surface area (Å²) in [6.45, 7) is 2.38. The fraction of sp³-hybridized carbons (Fsp3) is 0.0685. The third kappa shape index (κ3) is 6.68. The summed E-state index contributed by atoms with van der Waals surface area (Å²) in [4.78, 5) is 12.1. The number of fused-ring (bicyclic) bond motifs is 17. The van der Waals surface area contributed by atoms with E-state index < -0.39 is 0 Å². The van der Waals surface area contributed by atoms with Crippen molar-refractivity contribution in [3.8, 4) is 11.4 Å². The van der Waals surface area contributed by atoms with Gasteiger partial charge in [0, 0.05) is 69.3 Å². The zero-order valence-corrected chi connectivity index (χ0v) is 44.0. The molecule has 16 aromatic rings. The van der Waals surface area contributed by atoms with Gasteiger partial charge in [-0.2, -0.15) is 0 Å². The maximum absolute atomic E-state index is 7.10. The Kier molecular flexibility index (Phi) is 9.68. The molecule has 6 heteroatoms. The van der Waals surface area contributed by atoms with Crippen molar-refractivity contribution in [2.24, 2.45) is 15.9 Å². The lowest BCUT2D eigenvalue weighted by Crippen LogP contribution is -2.20. The number of nitrogens with zero attached hydrogens (tertiary/aromatic N) is 4. The first-order chi connectivity index (χ1) is 39.1. The summed E-state index contributed by atoms with van der Waals surface area (Å²) in [7, 11) is 0. The molecule has 5 heterocycles. The first-order valence-electron chi connectivity index (χ1n) is 27.5. The molecule has 0 spiro atoms. The van der Waals surface area contributed by atoms with E-state index in [1.807, 2.05) is 11.3 Å². The molecule has 79 heavy (non-hydrogen) atoms. The van der Waals surface area contributed by atoms with E-state index in [0.717, 1.165) is 90.6 Å². The van der Waals surface area contributed by atoms with E-state index in [4.69, 9.17) is 14.4 Å². The van der Waals surface area contributed by atoms with Gasteiger partial charge in [-0.15, -0.1) is 11.3 Å². The number of benzene rings is 12. The van der Waals surface area contributed by atoms with Crippen LogP contribution < -0.4 is 0 Å². The van der Waals surface area contributed by atoms with Crippen LogP contribution in [0, 0.1) is 5.92 Å². The smallest absolute Gasteiger partial charge is 0.155 e. The molecule has 0 fully saturated rings. The van der Waals surface area contributed by atoms with E-state index >= 15 is 0 Å². The minimum Gasteiger partial charge on any atom is -0.455 e. The van der Waals surface area contributed by atoms with Crippen LogP contribution in [0.3, 0.4) is 0 Å². The van der Waals surface area contributed by atoms with Crippen LogP contribution in [-0.4, -0.2) is 20.7 Å². The standard InChI is InChI=1S/C73H48N4OS/c1-43-31-36-59(74-73(48-32-35-53-52-24-13-16-30-65(52)79-66(53)42-48)75-70(43)47-34-37-61-57(40-47)51-23-11-14-28-60(51)76(61)49-20-3-2-4-21-49)68-54-25-9-10-26-55(54)72-69(56-27-12-15-29-64(56)78-72)71(68)77-62-38-33-44-17-7-8-22-50(44)67(62)58-39-45-18-5-6-19-46(45)41-63(58)77/h2-30,32-35,37-43,59H,31,36H2,1H3/b74-73-,75-70+. The summed E-state index contributed by atoms with van der Waals surface area (Å²) in [6.07, 6.45) is 1.64. The van der Waals surface area contributed by atoms with Crippen LogP contribution in [-0.2, 0) is 0 Å². The van der Waals surface area contributed by atoms with Crippen LogP contribution in [0.25, 0.3) is 129 Å². The summed E-state index contributed by atoms with van der Waals surface area (Å²) in [6, 6.07) is 86.4. The Hall–Kier alpha value is -9.62. The van der Waals surface area contributed by atoms with Crippen molar-refractivity contribution < 1.29 is 4.42 Å². The normalized spacial score (nSPS) is 16.8. The monoisotopic (exact) mass is 1030 g/mol. The number of hydrogen-bond acceptors (Lipinski definition) is 4. The molecular weight excluding hydrogens is 981 g/mol. The van der Waals surface area contributed by atoms with Gasteiger partial charge in [-0.3, -0.25) is 4.99 Å². The molecule has 0 N–H and O–H groups in total. The summed E-state index contributed by atoms with van der Waals surface area (Å²) in [5, 5.41) is 16.7. The van der Waals surface area contributed by atoms with E-state index in [1.54, 1.807) is 0 Å². The number of aliphatic imine (C=N–C) groups is 2. The van der Waals surface area contributed by atoms with Crippen molar-refractivity contribution >= 4 is 141 Å². The lowest BCUT2D eigenvalue weighted by atomic mass is 9.86. The molecule has 0 aliphatic carbocycles. The second-order valence-corrected chi connectivity index (χ2v) is 22.6. The first-order valence-corrected chi connectivity index (χ1v) is 28.3. The number of amidine groups is 1. The van der Waals surface area contributed by atoms with Crippen LogP contribution in [0.4, 0.5) is 0 Å².